The highest BCUT2D eigenvalue weighted by Crippen LogP contribution is 2.27. The first-order chi connectivity index (χ1) is 20.1. The van der Waals surface area contributed by atoms with E-state index in [1.54, 1.807) is 0 Å². The van der Waals surface area contributed by atoms with Crippen LogP contribution in [0.15, 0.2) is 66.9 Å². The van der Waals surface area contributed by atoms with E-state index in [9.17, 15) is 26.3 Å². The van der Waals surface area contributed by atoms with Crippen LogP contribution in [0.1, 0.15) is 23.2 Å². The van der Waals surface area contributed by atoms with Crippen molar-refractivity contribution in [1.29, 1.82) is 0 Å². The summed E-state index contributed by atoms with van der Waals surface area (Å²) in [6.45, 7) is 5.20. The molecule has 10 nitrogen and oxygen atoms in total. The Balaban J connectivity index is 0.000000303. The van der Waals surface area contributed by atoms with Crippen LogP contribution in [-0.2, 0) is 20.9 Å². The maximum atomic E-state index is 10.6. The van der Waals surface area contributed by atoms with E-state index < -0.39 is 24.3 Å². The van der Waals surface area contributed by atoms with E-state index in [1.807, 2.05) is 41.9 Å². The predicted octanol–water partition coefficient (Wildman–Crippen LogP) is 4.94. The molecular weight excluding hydrogens is 588 g/mol. The Bertz CT molecular complexity index is 1500. The average Bonchev–Trinajstić information content (AvgIpc) is 3.37. The molecule has 3 aromatic heterocycles. The highest BCUT2D eigenvalue weighted by molar-refractivity contribution is 5.73. The van der Waals surface area contributed by atoms with Gasteiger partial charge in [-0.15, -0.1) is 5.10 Å². The molecule has 0 aliphatic carbocycles. The van der Waals surface area contributed by atoms with Crippen molar-refractivity contribution in [1.82, 2.24) is 24.7 Å². The lowest BCUT2D eigenvalue weighted by molar-refractivity contribution is -0.193. The highest BCUT2D eigenvalue weighted by atomic mass is 19.4. The van der Waals surface area contributed by atoms with Gasteiger partial charge in [0.05, 0.1) is 17.8 Å². The van der Waals surface area contributed by atoms with E-state index in [4.69, 9.17) is 24.5 Å². The zero-order valence-electron chi connectivity index (χ0n) is 22.4. The van der Waals surface area contributed by atoms with Gasteiger partial charge in [-0.3, -0.25) is 9.88 Å². The Morgan fingerprint density at radius 2 is 1.53 bits per heavy atom. The number of aryl methyl sites for hydroxylation is 1. The number of halogens is 6. The maximum absolute atomic E-state index is 10.6. The molecule has 5 rings (SSSR count). The van der Waals surface area contributed by atoms with Crippen molar-refractivity contribution in [3.63, 3.8) is 0 Å². The molecule has 1 aliphatic heterocycles. The van der Waals surface area contributed by atoms with Crippen LogP contribution in [0, 0.1) is 6.92 Å². The molecule has 1 atom stereocenters. The number of hydrogen-bond acceptors (Lipinski definition) is 7. The van der Waals surface area contributed by atoms with Gasteiger partial charge >= 0.3 is 24.3 Å². The van der Waals surface area contributed by atoms with Crippen LogP contribution in [0.5, 0.6) is 0 Å². The van der Waals surface area contributed by atoms with Gasteiger partial charge in [0.25, 0.3) is 0 Å². The Kier molecular flexibility index (Phi) is 10.8. The molecule has 16 heteroatoms. The fourth-order valence-corrected chi connectivity index (χ4v) is 3.87. The summed E-state index contributed by atoms with van der Waals surface area (Å²) >= 11 is 0. The van der Waals surface area contributed by atoms with E-state index in [0.717, 1.165) is 53.4 Å². The van der Waals surface area contributed by atoms with Crippen molar-refractivity contribution in [2.24, 2.45) is 0 Å². The second-order valence-corrected chi connectivity index (χ2v) is 9.06. The third-order valence-corrected chi connectivity index (χ3v) is 5.82. The molecule has 43 heavy (non-hydrogen) atoms. The molecular formula is C27H25F6N5O5. The molecule has 0 radical (unpaired) electrons. The lowest BCUT2D eigenvalue weighted by Gasteiger charge is -2.31. The zero-order chi connectivity index (χ0) is 31.8. The molecule has 230 valence electrons. The van der Waals surface area contributed by atoms with E-state index in [2.05, 4.69) is 56.6 Å². The van der Waals surface area contributed by atoms with Gasteiger partial charge in [-0.2, -0.15) is 26.3 Å². The lowest BCUT2D eigenvalue weighted by atomic mass is 10.1. The molecule has 1 aromatic carbocycles. The smallest absolute Gasteiger partial charge is 0.475 e. The van der Waals surface area contributed by atoms with E-state index >= 15 is 0 Å². The van der Waals surface area contributed by atoms with Crippen LogP contribution in [0.3, 0.4) is 0 Å². The topological polar surface area (TPSA) is 130 Å². The SMILES string of the molecule is Cc1cccc(CN2CCOC(c3nnn4cc(-c5ccccc5)ccc34)C2)n1.O=C(O)C(F)(F)F.O=C(O)C(F)(F)F. The molecule has 0 bridgehead atoms. The number of morpholine rings is 1. The Hall–Kier alpha value is -4.57. The number of hydrogen-bond donors (Lipinski definition) is 2. The van der Waals surface area contributed by atoms with E-state index in [1.165, 1.54) is 0 Å². The minimum atomic E-state index is -5.08. The van der Waals surface area contributed by atoms with Gasteiger partial charge < -0.3 is 14.9 Å². The summed E-state index contributed by atoms with van der Waals surface area (Å²) in [4.78, 5) is 24.8. The van der Waals surface area contributed by atoms with Gasteiger partial charge in [-0.05, 0) is 30.7 Å². The number of benzene rings is 1. The summed E-state index contributed by atoms with van der Waals surface area (Å²) in [5, 5.41) is 23.1. The predicted molar refractivity (Wildman–Crippen MR) is 139 cm³/mol. The molecule has 2 N–H and O–H groups in total. The fourth-order valence-electron chi connectivity index (χ4n) is 3.87. The van der Waals surface area contributed by atoms with E-state index in [-0.39, 0.29) is 6.10 Å². The number of alkyl halides is 6. The second kappa shape index (κ2) is 14.1. The largest absolute Gasteiger partial charge is 0.490 e. The van der Waals surface area contributed by atoms with Crippen LogP contribution < -0.4 is 0 Å². The first-order valence-electron chi connectivity index (χ1n) is 12.4. The van der Waals surface area contributed by atoms with Crippen LogP contribution in [0.25, 0.3) is 16.6 Å². The van der Waals surface area contributed by atoms with Crippen LogP contribution >= 0.6 is 0 Å². The number of aliphatic carboxylic acids is 2. The van der Waals surface area contributed by atoms with Gasteiger partial charge in [0.15, 0.2) is 0 Å². The third-order valence-electron chi connectivity index (χ3n) is 5.82. The van der Waals surface area contributed by atoms with Crippen LogP contribution in [0.4, 0.5) is 26.3 Å². The standard InChI is InChI=1S/C23H23N5O.2C2HF3O2/c1-17-6-5-9-20(24-17)15-27-12-13-29-22(16-27)23-21-11-10-19(14-28(21)26-25-23)18-7-3-2-4-8-18;2*3-2(4,5)1(6)7/h2-11,14,22H,12-13,15-16H2,1H3;2*(H,6,7). The summed E-state index contributed by atoms with van der Waals surface area (Å²) in [5.74, 6) is -5.51. The number of fused-ring (bicyclic) bond motifs is 1. The van der Waals surface area contributed by atoms with Gasteiger partial charge in [-0.25, -0.2) is 14.1 Å². The van der Waals surface area contributed by atoms with Crippen molar-refractivity contribution in [2.75, 3.05) is 19.7 Å². The molecule has 4 heterocycles. The zero-order valence-corrected chi connectivity index (χ0v) is 22.4. The molecule has 1 fully saturated rings. The average molecular weight is 614 g/mol. The van der Waals surface area contributed by atoms with Crippen LogP contribution in [0.2, 0.25) is 0 Å². The lowest BCUT2D eigenvalue weighted by Crippen LogP contribution is -2.38. The molecule has 1 aliphatic rings. The second-order valence-electron chi connectivity index (χ2n) is 9.06. The summed E-state index contributed by atoms with van der Waals surface area (Å²) in [7, 11) is 0. The number of pyridine rings is 2. The molecule has 0 spiro atoms. The van der Waals surface area contributed by atoms with Crippen LogP contribution in [-0.4, -0.2) is 78.9 Å². The minimum Gasteiger partial charge on any atom is -0.475 e. The Morgan fingerprint density at radius 1 is 0.907 bits per heavy atom. The van der Waals surface area contributed by atoms with Crippen molar-refractivity contribution in [3.8, 4) is 11.1 Å². The van der Waals surface area contributed by atoms with Crippen molar-refractivity contribution in [3.05, 3.63) is 83.9 Å². The normalized spacial score (nSPS) is 15.6. The molecule has 0 saturated carbocycles. The molecule has 0 amide bonds. The molecule has 4 aromatic rings. The number of carbonyl (C=O) groups is 2. The highest BCUT2D eigenvalue weighted by Gasteiger charge is 2.38. The minimum absolute atomic E-state index is 0.0892. The van der Waals surface area contributed by atoms with Crippen molar-refractivity contribution >= 4 is 17.5 Å². The van der Waals surface area contributed by atoms with Gasteiger partial charge in [0, 0.05) is 37.1 Å². The van der Waals surface area contributed by atoms with Gasteiger partial charge in [0.2, 0.25) is 0 Å². The number of carboxylic acids is 2. The number of ether oxygens (including phenoxy) is 1. The maximum Gasteiger partial charge on any atom is 0.490 e. The first kappa shape index (κ1) is 32.9. The van der Waals surface area contributed by atoms with Gasteiger partial charge in [0.1, 0.15) is 11.8 Å². The Labute approximate surface area is 240 Å². The van der Waals surface area contributed by atoms with Gasteiger partial charge in [-0.1, -0.05) is 47.7 Å². The quantitative estimate of drug-likeness (QED) is 0.308. The van der Waals surface area contributed by atoms with E-state index in [0.29, 0.717) is 6.61 Å². The summed E-state index contributed by atoms with van der Waals surface area (Å²) in [6, 6.07) is 20.7. The number of rotatable bonds is 4. The Morgan fingerprint density at radius 3 is 2.12 bits per heavy atom. The number of carboxylic acid groups (broad SMARTS) is 2. The fraction of sp³-hybridized carbons (Fsp3) is 0.296. The summed E-state index contributed by atoms with van der Waals surface area (Å²) in [6.07, 6.45) is -8.23. The van der Waals surface area contributed by atoms with Crippen molar-refractivity contribution < 1.29 is 50.9 Å². The first-order valence-corrected chi connectivity index (χ1v) is 12.4. The number of aromatic nitrogens is 4. The molecule has 1 unspecified atom stereocenters. The summed E-state index contributed by atoms with van der Waals surface area (Å²) < 4.78 is 71.4. The monoisotopic (exact) mass is 613 g/mol. The third kappa shape index (κ3) is 9.75. The molecule has 1 saturated heterocycles. The number of nitrogens with zero attached hydrogens (tertiary/aromatic N) is 5. The summed E-state index contributed by atoms with van der Waals surface area (Å²) in [5.41, 5.74) is 6.30. The van der Waals surface area contributed by atoms with Crippen molar-refractivity contribution in [2.45, 2.75) is 31.9 Å².